The van der Waals surface area contributed by atoms with Gasteiger partial charge in [-0.25, -0.2) is 18.4 Å². The largest absolute Gasteiger partial charge is 0.478 e. The monoisotopic (exact) mass is 898 g/mol. The van der Waals surface area contributed by atoms with E-state index in [0.717, 1.165) is 47.6 Å². The van der Waals surface area contributed by atoms with Crippen molar-refractivity contribution in [3.05, 3.63) is 210 Å². The van der Waals surface area contributed by atoms with Gasteiger partial charge in [0.2, 0.25) is 0 Å². The Labute approximate surface area is 396 Å². The molecule has 0 bridgehead atoms. The van der Waals surface area contributed by atoms with Crippen LogP contribution in [0.2, 0.25) is 0 Å². The third-order valence-electron chi connectivity index (χ3n) is 14.4. The third-order valence-corrected chi connectivity index (χ3v) is 14.4. The molecule has 2 aliphatic carbocycles. The van der Waals surface area contributed by atoms with Crippen molar-refractivity contribution in [3.63, 3.8) is 0 Å². The number of rotatable bonds is 10. The summed E-state index contributed by atoms with van der Waals surface area (Å²) >= 11 is 0. The van der Waals surface area contributed by atoms with Gasteiger partial charge in [-0.2, -0.15) is 0 Å². The first-order chi connectivity index (χ1) is 31.5. The maximum Gasteiger partial charge on any atom is 0.335 e. The molecule has 0 atom stereocenters. The minimum atomic E-state index is -0.960. The lowest BCUT2D eigenvalue weighted by molar-refractivity contribution is 0.0686. The Morgan fingerprint density at radius 1 is 0.478 bits per heavy atom. The molecule has 0 radical (unpaired) electrons. The van der Waals surface area contributed by atoms with E-state index < -0.39 is 23.6 Å². The molecule has 2 aliphatic rings. The molecular formula is C61H64F2O4. The molecule has 0 heterocycles. The lowest BCUT2D eigenvalue weighted by Gasteiger charge is -2.42. The highest BCUT2D eigenvalue weighted by Crippen LogP contribution is 2.48. The van der Waals surface area contributed by atoms with Gasteiger partial charge in [-0.3, -0.25) is 0 Å². The summed E-state index contributed by atoms with van der Waals surface area (Å²) < 4.78 is 28.0. The van der Waals surface area contributed by atoms with Gasteiger partial charge in [0, 0.05) is 12.5 Å². The van der Waals surface area contributed by atoms with E-state index in [1.165, 1.54) is 69.5 Å². The van der Waals surface area contributed by atoms with E-state index in [1.54, 1.807) is 36.4 Å². The minimum Gasteiger partial charge on any atom is -0.478 e. The summed E-state index contributed by atoms with van der Waals surface area (Å²) in [6, 6.07) is 35.6. The molecule has 6 aromatic carbocycles. The van der Waals surface area contributed by atoms with Crippen LogP contribution in [0, 0.1) is 18.6 Å². The lowest BCUT2D eigenvalue weighted by atomic mass is 9.62. The van der Waals surface area contributed by atoms with Crippen molar-refractivity contribution < 1.29 is 28.6 Å². The topological polar surface area (TPSA) is 74.6 Å². The maximum atomic E-state index is 14.5. The summed E-state index contributed by atoms with van der Waals surface area (Å²) in [6.45, 7) is 20.6. The highest BCUT2D eigenvalue weighted by Gasteiger charge is 2.39. The number of halogens is 2. The first kappa shape index (κ1) is 48.5. The molecule has 4 nitrogen and oxygen atoms in total. The fourth-order valence-electron chi connectivity index (χ4n) is 9.61. The predicted octanol–water partition coefficient (Wildman–Crippen LogP) is 15.6. The number of aryl methyl sites for hydroxylation is 1. The van der Waals surface area contributed by atoms with E-state index in [0.29, 0.717) is 17.5 Å². The molecule has 346 valence electrons. The zero-order valence-corrected chi connectivity index (χ0v) is 40.5. The lowest BCUT2D eigenvalue weighted by Crippen LogP contribution is -2.34. The second kappa shape index (κ2) is 19.1. The van der Waals surface area contributed by atoms with E-state index in [-0.39, 0.29) is 27.2 Å². The van der Waals surface area contributed by atoms with Crippen LogP contribution >= 0.6 is 0 Å². The summed E-state index contributed by atoms with van der Waals surface area (Å²) in [7, 11) is 0. The second-order valence-corrected chi connectivity index (χ2v) is 21.3. The number of fused-ring (bicyclic) bond motifs is 2. The predicted molar refractivity (Wildman–Crippen MR) is 271 cm³/mol. The molecule has 0 aromatic heterocycles. The summed E-state index contributed by atoms with van der Waals surface area (Å²) in [4.78, 5) is 22.3. The number of hydrogen-bond donors (Lipinski definition) is 2. The Bertz CT molecular complexity index is 2860. The number of hydrogen-bond acceptors (Lipinski definition) is 2. The zero-order valence-electron chi connectivity index (χ0n) is 40.5. The number of carboxylic acids is 2. The molecule has 0 spiro atoms. The summed E-state index contributed by atoms with van der Waals surface area (Å²) in [5.41, 5.74) is 15.9. The van der Waals surface area contributed by atoms with Gasteiger partial charge in [-0.1, -0.05) is 164 Å². The fraction of sp³-hybridized carbons (Fsp3) is 0.311. The molecule has 0 amide bonds. The first-order valence-corrected chi connectivity index (χ1v) is 23.4. The first-order valence-electron chi connectivity index (χ1n) is 23.4. The van der Waals surface area contributed by atoms with Crippen LogP contribution in [0.15, 0.2) is 115 Å². The van der Waals surface area contributed by atoms with Crippen LogP contribution in [-0.4, -0.2) is 22.2 Å². The van der Waals surface area contributed by atoms with Gasteiger partial charge in [-0.05, 0) is 158 Å². The summed E-state index contributed by atoms with van der Waals surface area (Å²) in [6.07, 6.45) is 14.0. The van der Waals surface area contributed by atoms with Crippen LogP contribution in [0.4, 0.5) is 8.78 Å². The van der Waals surface area contributed by atoms with Crippen molar-refractivity contribution in [2.24, 2.45) is 0 Å². The van der Waals surface area contributed by atoms with Crippen LogP contribution in [0.25, 0.3) is 24.3 Å². The SMILES string of the molecule is CC1(C)CCC(C)(C)c2cc(Cc3ccc(F)cc3F)c(/C=C/c3ccc(C(=O)O)cc3)cc21.Cc1ccc(Cc2cc3c(cc2/C=C/c2ccc(C(=O)O)cc2)C(C)(C)CCC3(C)C)cc1. The minimum absolute atomic E-state index is 0.00977. The Morgan fingerprint density at radius 3 is 1.25 bits per heavy atom. The van der Waals surface area contributed by atoms with Crippen molar-refractivity contribution in [2.75, 3.05) is 0 Å². The molecular weight excluding hydrogens is 835 g/mol. The third kappa shape index (κ3) is 11.2. The highest BCUT2D eigenvalue weighted by atomic mass is 19.1. The van der Waals surface area contributed by atoms with Gasteiger partial charge in [-0.15, -0.1) is 0 Å². The second-order valence-electron chi connectivity index (χ2n) is 21.3. The quantitative estimate of drug-likeness (QED) is 0.134. The molecule has 6 aromatic rings. The maximum absolute atomic E-state index is 14.5. The number of benzene rings is 6. The normalized spacial score (nSPS) is 16.5. The molecule has 8 rings (SSSR count). The van der Waals surface area contributed by atoms with Gasteiger partial charge in [0.1, 0.15) is 11.6 Å². The van der Waals surface area contributed by atoms with Gasteiger partial charge in [0.15, 0.2) is 0 Å². The summed E-state index contributed by atoms with van der Waals surface area (Å²) in [5.74, 6) is -2.99. The molecule has 2 N–H and O–H groups in total. The van der Waals surface area contributed by atoms with Gasteiger partial charge in [0.05, 0.1) is 11.1 Å². The number of aromatic carboxylic acids is 2. The van der Waals surface area contributed by atoms with E-state index in [1.807, 2.05) is 24.3 Å². The standard InChI is InChI=1S/C31H34O2.C30H30F2O2/c1-21-6-8-23(9-7-21)18-26-20-28-27(30(2,3)16-17-31(28,4)5)19-25(26)15-12-22-10-13-24(14-11-22)29(32)33;1-29(2)13-14-30(3,4)26-17-23(15-22-11-12-24(31)18-27(22)32)21(16-25(26)29)10-7-19-5-8-20(9-6-19)28(33)34/h6-15,19-20H,16-18H2,1-5H3,(H,32,33);5-12,16-18H,13-15H2,1-4H3,(H,33,34)/b15-12+;10-7+. The number of carboxylic acid groups (broad SMARTS) is 2. The zero-order chi connectivity index (χ0) is 48.5. The van der Waals surface area contributed by atoms with E-state index in [2.05, 4.69) is 123 Å². The van der Waals surface area contributed by atoms with E-state index in [9.17, 15) is 18.4 Å². The Hall–Kier alpha value is -6.40. The van der Waals surface area contributed by atoms with E-state index >= 15 is 0 Å². The van der Waals surface area contributed by atoms with Crippen LogP contribution in [0.3, 0.4) is 0 Å². The molecule has 0 unspecified atom stereocenters. The van der Waals surface area contributed by atoms with Crippen molar-refractivity contribution in [1.29, 1.82) is 0 Å². The molecule has 0 aliphatic heterocycles. The molecule has 0 fully saturated rings. The summed E-state index contributed by atoms with van der Waals surface area (Å²) in [5, 5.41) is 18.3. The molecule has 0 saturated carbocycles. The average Bonchev–Trinajstić information content (AvgIpc) is 3.28. The highest BCUT2D eigenvalue weighted by molar-refractivity contribution is 5.88. The number of carbonyl (C=O) groups is 2. The Balaban J connectivity index is 0.000000199. The van der Waals surface area contributed by atoms with Crippen LogP contribution < -0.4 is 0 Å². The van der Waals surface area contributed by atoms with Gasteiger partial charge < -0.3 is 10.2 Å². The van der Waals surface area contributed by atoms with Gasteiger partial charge in [0.25, 0.3) is 0 Å². The van der Waals surface area contributed by atoms with Crippen LogP contribution in [0.1, 0.15) is 174 Å². The van der Waals surface area contributed by atoms with Crippen LogP contribution in [-0.2, 0) is 34.5 Å². The smallest absolute Gasteiger partial charge is 0.335 e. The van der Waals surface area contributed by atoms with Gasteiger partial charge >= 0.3 is 11.9 Å². The van der Waals surface area contributed by atoms with Crippen molar-refractivity contribution in [2.45, 2.75) is 122 Å². The van der Waals surface area contributed by atoms with E-state index in [4.69, 9.17) is 10.2 Å². The molecule has 6 heteroatoms. The average molecular weight is 899 g/mol. The Kier molecular flexibility index (Phi) is 13.8. The van der Waals surface area contributed by atoms with Crippen molar-refractivity contribution in [3.8, 4) is 0 Å². The Morgan fingerprint density at radius 2 is 0.866 bits per heavy atom. The molecule has 67 heavy (non-hydrogen) atoms. The van der Waals surface area contributed by atoms with Crippen molar-refractivity contribution >= 4 is 36.2 Å². The fourth-order valence-corrected chi connectivity index (χ4v) is 9.61. The van der Waals surface area contributed by atoms with Crippen LogP contribution in [0.5, 0.6) is 0 Å². The molecule has 0 saturated heterocycles. The van der Waals surface area contributed by atoms with Crippen molar-refractivity contribution in [1.82, 2.24) is 0 Å².